The van der Waals surface area contributed by atoms with Crippen LogP contribution >= 0.6 is 0 Å². The number of aliphatic imine (C=N–C) groups is 1. The van der Waals surface area contributed by atoms with E-state index in [9.17, 15) is 9.59 Å². The van der Waals surface area contributed by atoms with E-state index in [0.29, 0.717) is 12.1 Å². The zero-order chi connectivity index (χ0) is 12.8. The largest absolute Gasteiger partial charge is 0.419 e. The molecule has 5 heteroatoms. The minimum absolute atomic E-state index is 0.353. The highest BCUT2D eigenvalue weighted by atomic mass is 16.4. The van der Waals surface area contributed by atoms with E-state index in [4.69, 9.17) is 4.42 Å². The van der Waals surface area contributed by atoms with Crippen molar-refractivity contribution in [2.75, 3.05) is 0 Å². The number of oxazole rings is 1. The first kappa shape index (κ1) is 11.0. The van der Waals surface area contributed by atoms with Crippen LogP contribution in [0.2, 0.25) is 0 Å². The van der Waals surface area contributed by atoms with E-state index in [0.717, 1.165) is 23.9 Å². The molecular formula is C13H12N2O3. The Morgan fingerprint density at radius 2 is 2.28 bits per heavy atom. The second-order valence-corrected chi connectivity index (χ2v) is 4.53. The highest BCUT2D eigenvalue weighted by molar-refractivity contribution is 5.74. The second-order valence-electron chi connectivity index (χ2n) is 4.53. The van der Waals surface area contributed by atoms with Crippen molar-refractivity contribution in [2.45, 2.75) is 31.8 Å². The summed E-state index contributed by atoms with van der Waals surface area (Å²) in [5.74, 6) is -0.353. The lowest BCUT2D eigenvalue weighted by Gasteiger charge is -2.08. The third-order valence-corrected chi connectivity index (χ3v) is 3.50. The molecule has 0 atom stereocenters. The lowest BCUT2D eigenvalue weighted by molar-refractivity contribution is 0.513. The molecule has 0 spiro atoms. The first-order chi connectivity index (χ1) is 8.70. The molecule has 0 bridgehead atoms. The Kier molecular flexibility index (Phi) is 2.25. The quantitative estimate of drug-likeness (QED) is 0.612. The van der Waals surface area contributed by atoms with Crippen LogP contribution in [0.1, 0.15) is 25.3 Å². The molecule has 0 N–H and O–H groups in total. The lowest BCUT2D eigenvalue weighted by Crippen LogP contribution is -2.12. The predicted molar refractivity (Wildman–Crippen MR) is 65.2 cm³/mol. The summed E-state index contributed by atoms with van der Waals surface area (Å²) in [7, 11) is 0. The molecule has 0 aliphatic heterocycles. The fourth-order valence-corrected chi connectivity index (χ4v) is 2.32. The minimum atomic E-state index is -0.415. The summed E-state index contributed by atoms with van der Waals surface area (Å²) < 4.78 is 6.71. The van der Waals surface area contributed by atoms with Gasteiger partial charge in [0.25, 0.3) is 0 Å². The normalized spacial score (nSPS) is 16.5. The topological polar surface area (TPSA) is 64.6 Å². The average Bonchev–Trinajstić information content (AvgIpc) is 3.06. The molecular weight excluding hydrogens is 232 g/mol. The van der Waals surface area contributed by atoms with Crippen LogP contribution in [-0.2, 0) is 16.9 Å². The number of benzene rings is 1. The van der Waals surface area contributed by atoms with E-state index in [-0.39, 0.29) is 5.76 Å². The zero-order valence-corrected chi connectivity index (χ0v) is 9.97. The van der Waals surface area contributed by atoms with Crippen molar-refractivity contribution in [3.8, 4) is 0 Å². The molecule has 3 rings (SSSR count). The van der Waals surface area contributed by atoms with Gasteiger partial charge in [-0.05, 0) is 37.5 Å². The molecule has 1 fully saturated rings. The summed E-state index contributed by atoms with van der Waals surface area (Å²) in [6.45, 7) is 2.44. The van der Waals surface area contributed by atoms with E-state index >= 15 is 0 Å². The standard InChI is InChI=1S/C13H12N2O3/c1-2-15-10-7-9(13(5-6-13)14-8-16)3-4-11(10)18-12(15)17/h3-4,7H,2,5-6H2,1H3. The minimum Gasteiger partial charge on any atom is -0.408 e. The third kappa shape index (κ3) is 1.45. The second kappa shape index (κ2) is 3.68. The molecule has 1 aliphatic rings. The molecule has 1 aromatic carbocycles. The van der Waals surface area contributed by atoms with Crippen LogP contribution in [0.25, 0.3) is 11.1 Å². The Hall–Kier alpha value is -2.13. The smallest absolute Gasteiger partial charge is 0.408 e. The van der Waals surface area contributed by atoms with Gasteiger partial charge in [-0.2, -0.15) is 4.99 Å². The molecule has 0 radical (unpaired) electrons. The number of carbonyl (C=O) groups excluding carboxylic acids is 1. The van der Waals surface area contributed by atoms with E-state index in [1.54, 1.807) is 16.7 Å². The van der Waals surface area contributed by atoms with Gasteiger partial charge in [0, 0.05) is 6.54 Å². The van der Waals surface area contributed by atoms with Gasteiger partial charge in [-0.1, -0.05) is 6.07 Å². The number of isocyanates is 1. The van der Waals surface area contributed by atoms with Gasteiger partial charge in [0.15, 0.2) is 5.58 Å². The van der Waals surface area contributed by atoms with Crippen LogP contribution in [0.15, 0.2) is 32.4 Å². The Bertz CT molecular complexity index is 715. The van der Waals surface area contributed by atoms with Crippen LogP contribution in [0, 0.1) is 0 Å². The number of rotatable bonds is 3. The maximum Gasteiger partial charge on any atom is 0.419 e. The van der Waals surface area contributed by atoms with E-state index in [1.165, 1.54) is 0 Å². The van der Waals surface area contributed by atoms with E-state index in [1.807, 2.05) is 19.1 Å². The van der Waals surface area contributed by atoms with Crippen molar-refractivity contribution in [2.24, 2.45) is 4.99 Å². The van der Waals surface area contributed by atoms with Crippen LogP contribution in [-0.4, -0.2) is 10.6 Å². The molecule has 1 saturated carbocycles. The number of hydrogen-bond donors (Lipinski definition) is 0. The first-order valence-corrected chi connectivity index (χ1v) is 5.93. The molecule has 92 valence electrons. The maximum absolute atomic E-state index is 11.6. The van der Waals surface area contributed by atoms with Crippen molar-refractivity contribution in [1.82, 2.24) is 4.57 Å². The summed E-state index contributed by atoms with van der Waals surface area (Å²) in [5.41, 5.74) is 1.85. The van der Waals surface area contributed by atoms with Gasteiger partial charge >= 0.3 is 5.76 Å². The number of fused-ring (bicyclic) bond motifs is 1. The molecule has 1 heterocycles. The van der Waals surface area contributed by atoms with Crippen molar-refractivity contribution in [3.63, 3.8) is 0 Å². The van der Waals surface area contributed by atoms with Crippen LogP contribution < -0.4 is 5.76 Å². The highest BCUT2D eigenvalue weighted by Gasteiger charge is 2.45. The Morgan fingerprint density at radius 3 is 2.89 bits per heavy atom. The summed E-state index contributed by atoms with van der Waals surface area (Å²) in [6.07, 6.45) is 3.33. The zero-order valence-electron chi connectivity index (χ0n) is 9.97. The van der Waals surface area contributed by atoms with Crippen LogP contribution in [0.4, 0.5) is 0 Å². The van der Waals surface area contributed by atoms with Gasteiger partial charge in [0.1, 0.15) is 0 Å². The van der Waals surface area contributed by atoms with Crippen molar-refractivity contribution in [3.05, 3.63) is 34.3 Å². The molecule has 5 nitrogen and oxygen atoms in total. The maximum atomic E-state index is 11.6. The molecule has 1 aliphatic carbocycles. The molecule has 2 aromatic rings. The number of aromatic nitrogens is 1. The molecule has 0 unspecified atom stereocenters. The SMILES string of the molecule is CCn1c(=O)oc2ccc(C3(N=C=O)CC3)cc21. The van der Waals surface area contributed by atoms with Gasteiger partial charge < -0.3 is 4.42 Å². The van der Waals surface area contributed by atoms with Crippen molar-refractivity contribution in [1.29, 1.82) is 0 Å². The highest BCUT2D eigenvalue weighted by Crippen LogP contribution is 2.49. The monoisotopic (exact) mass is 244 g/mol. The summed E-state index contributed by atoms with van der Waals surface area (Å²) >= 11 is 0. The Labute approximate surface area is 103 Å². The predicted octanol–water partition coefficient (Wildman–Crippen LogP) is 1.94. The van der Waals surface area contributed by atoms with Gasteiger partial charge in [0.2, 0.25) is 6.08 Å². The number of nitrogens with zero attached hydrogens (tertiary/aromatic N) is 2. The average molecular weight is 244 g/mol. The fourth-order valence-electron chi connectivity index (χ4n) is 2.32. The van der Waals surface area contributed by atoms with Crippen molar-refractivity contribution < 1.29 is 9.21 Å². The molecule has 0 saturated heterocycles. The fraction of sp³-hybridized carbons (Fsp3) is 0.385. The third-order valence-electron chi connectivity index (χ3n) is 3.50. The van der Waals surface area contributed by atoms with Gasteiger partial charge in [-0.3, -0.25) is 4.57 Å². The first-order valence-electron chi connectivity index (χ1n) is 5.93. The van der Waals surface area contributed by atoms with Gasteiger partial charge in [-0.15, -0.1) is 0 Å². The van der Waals surface area contributed by atoms with Gasteiger partial charge in [-0.25, -0.2) is 9.59 Å². The van der Waals surface area contributed by atoms with Crippen LogP contribution in [0.5, 0.6) is 0 Å². The molecule has 1 aromatic heterocycles. The number of hydrogen-bond acceptors (Lipinski definition) is 4. The summed E-state index contributed by atoms with van der Waals surface area (Å²) in [6, 6.07) is 5.51. The Balaban J connectivity index is 2.22. The lowest BCUT2D eigenvalue weighted by atomic mass is 10.1. The van der Waals surface area contributed by atoms with Crippen LogP contribution in [0.3, 0.4) is 0 Å². The number of aryl methyl sites for hydroxylation is 1. The summed E-state index contributed by atoms with van der Waals surface area (Å²) in [4.78, 5) is 25.9. The molecule has 18 heavy (non-hydrogen) atoms. The summed E-state index contributed by atoms with van der Waals surface area (Å²) in [5, 5.41) is 0. The molecule has 0 amide bonds. The van der Waals surface area contributed by atoms with E-state index < -0.39 is 5.54 Å². The van der Waals surface area contributed by atoms with Crippen molar-refractivity contribution >= 4 is 17.2 Å². The Morgan fingerprint density at radius 1 is 1.50 bits per heavy atom. The van der Waals surface area contributed by atoms with E-state index in [2.05, 4.69) is 4.99 Å². The van der Waals surface area contributed by atoms with Gasteiger partial charge in [0.05, 0.1) is 11.1 Å².